The summed E-state index contributed by atoms with van der Waals surface area (Å²) < 4.78 is 10.0. The van der Waals surface area contributed by atoms with Gasteiger partial charge in [0, 0.05) is 12.3 Å². The maximum Gasteiger partial charge on any atom is 0.407 e. The molecule has 3 N–H and O–H groups in total. The molecule has 35 heavy (non-hydrogen) atoms. The summed E-state index contributed by atoms with van der Waals surface area (Å²) in [5.74, 6) is -2.63. The molecular formula is C26H30N2O7. The summed E-state index contributed by atoms with van der Waals surface area (Å²) in [6.45, 7) is 1.93. The first-order valence-electron chi connectivity index (χ1n) is 11.6. The van der Waals surface area contributed by atoms with Crippen LogP contribution in [0.15, 0.2) is 48.5 Å². The monoisotopic (exact) mass is 482 g/mol. The zero-order valence-corrected chi connectivity index (χ0v) is 19.8. The third kappa shape index (κ3) is 6.38. The van der Waals surface area contributed by atoms with Crippen molar-refractivity contribution in [3.05, 3.63) is 59.7 Å². The molecule has 0 saturated heterocycles. The number of methoxy groups -OCH3 is 1. The number of benzene rings is 2. The largest absolute Gasteiger partial charge is 0.480 e. The van der Waals surface area contributed by atoms with Crippen molar-refractivity contribution >= 4 is 23.9 Å². The van der Waals surface area contributed by atoms with Crippen molar-refractivity contribution in [3.63, 3.8) is 0 Å². The second-order valence-electron chi connectivity index (χ2n) is 8.33. The second kappa shape index (κ2) is 12.0. The lowest BCUT2D eigenvalue weighted by Gasteiger charge is -2.21. The Morgan fingerprint density at radius 2 is 1.51 bits per heavy atom. The molecule has 9 nitrogen and oxygen atoms in total. The minimum atomic E-state index is -1.29. The molecule has 0 heterocycles. The van der Waals surface area contributed by atoms with Gasteiger partial charge in [-0.05, 0) is 35.1 Å². The van der Waals surface area contributed by atoms with Gasteiger partial charge in [-0.15, -0.1) is 0 Å². The minimum absolute atomic E-state index is 0.0944. The number of carbonyl (C=O) groups is 4. The van der Waals surface area contributed by atoms with Gasteiger partial charge in [-0.1, -0.05) is 61.9 Å². The summed E-state index contributed by atoms with van der Waals surface area (Å²) >= 11 is 0. The lowest BCUT2D eigenvalue weighted by molar-refractivity contribution is -0.144. The molecule has 0 spiro atoms. The van der Waals surface area contributed by atoms with E-state index in [-0.39, 0.29) is 25.4 Å². The molecule has 0 saturated carbocycles. The van der Waals surface area contributed by atoms with Crippen molar-refractivity contribution in [2.75, 3.05) is 13.7 Å². The average molecular weight is 483 g/mol. The van der Waals surface area contributed by atoms with Crippen molar-refractivity contribution in [1.82, 2.24) is 10.6 Å². The van der Waals surface area contributed by atoms with Gasteiger partial charge in [-0.2, -0.15) is 0 Å². The molecule has 2 amide bonds. The number of nitrogens with one attached hydrogen (secondary N) is 2. The van der Waals surface area contributed by atoms with E-state index in [4.69, 9.17) is 4.74 Å². The molecule has 0 bridgehead atoms. The molecule has 0 radical (unpaired) electrons. The minimum Gasteiger partial charge on any atom is -0.480 e. The molecule has 186 valence electrons. The molecule has 9 heteroatoms. The molecule has 0 unspecified atom stereocenters. The molecule has 2 aromatic rings. The van der Waals surface area contributed by atoms with Gasteiger partial charge in [0.05, 0.1) is 7.11 Å². The SMILES string of the molecule is CCC[C@@H](NC(=O)OCC1c2ccccc2-c2ccccc21)C(=O)N[C@H](CCC(=O)OC)C(=O)O. The van der Waals surface area contributed by atoms with E-state index in [0.717, 1.165) is 22.3 Å². The van der Waals surface area contributed by atoms with Crippen LogP contribution in [-0.4, -0.2) is 54.8 Å². The van der Waals surface area contributed by atoms with Gasteiger partial charge >= 0.3 is 18.0 Å². The van der Waals surface area contributed by atoms with Gasteiger partial charge in [0.25, 0.3) is 0 Å². The molecular weight excluding hydrogens is 452 g/mol. The van der Waals surface area contributed by atoms with Crippen LogP contribution in [0.2, 0.25) is 0 Å². The Morgan fingerprint density at radius 1 is 0.914 bits per heavy atom. The van der Waals surface area contributed by atoms with Crippen molar-refractivity contribution in [1.29, 1.82) is 0 Å². The van der Waals surface area contributed by atoms with E-state index in [0.29, 0.717) is 12.8 Å². The maximum atomic E-state index is 12.7. The fourth-order valence-corrected chi connectivity index (χ4v) is 4.23. The predicted molar refractivity (Wildman–Crippen MR) is 128 cm³/mol. The van der Waals surface area contributed by atoms with E-state index in [1.165, 1.54) is 7.11 Å². The summed E-state index contributed by atoms with van der Waals surface area (Å²) in [5, 5.41) is 14.3. The van der Waals surface area contributed by atoms with Crippen LogP contribution in [-0.2, 0) is 23.9 Å². The molecule has 0 aromatic heterocycles. The number of ether oxygens (including phenoxy) is 2. The lowest BCUT2D eigenvalue weighted by atomic mass is 9.98. The Hall–Kier alpha value is -3.88. The van der Waals surface area contributed by atoms with Crippen LogP contribution in [0.4, 0.5) is 4.79 Å². The number of rotatable bonds is 11. The number of hydrogen-bond acceptors (Lipinski definition) is 6. The fourth-order valence-electron chi connectivity index (χ4n) is 4.23. The third-order valence-electron chi connectivity index (χ3n) is 6.01. The molecule has 2 aromatic carbocycles. The highest BCUT2D eigenvalue weighted by Crippen LogP contribution is 2.44. The number of carbonyl (C=O) groups excluding carboxylic acids is 3. The highest BCUT2D eigenvalue weighted by molar-refractivity contribution is 5.89. The van der Waals surface area contributed by atoms with E-state index in [1.807, 2.05) is 55.5 Å². The summed E-state index contributed by atoms with van der Waals surface area (Å²) in [7, 11) is 1.20. The van der Waals surface area contributed by atoms with Gasteiger partial charge in [0.2, 0.25) is 5.91 Å². The van der Waals surface area contributed by atoms with Gasteiger partial charge in [-0.3, -0.25) is 9.59 Å². The normalized spacial score (nSPS) is 13.7. The van der Waals surface area contributed by atoms with Crippen LogP contribution >= 0.6 is 0 Å². The first-order chi connectivity index (χ1) is 16.8. The number of amides is 2. The highest BCUT2D eigenvalue weighted by Gasteiger charge is 2.30. The standard InChI is InChI=1S/C26H30N2O7/c1-3-8-21(24(30)27-22(25(31)32)13-14-23(29)34-2)28-26(33)35-15-20-18-11-6-4-9-16(18)17-10-5-7-12-19(17)20/h4-7,9-12,20-22H,3,8,13-15H2,1-2H3,(H,27,30)(H,28,33)(H,31,32)/t21-,22-/m1/s1. The Balaban J connectivity index is 1.61. The molecule has 2 atom stereocenters. The van der Waals surface area contributed by atoms with Crippen LogP contribution < -0.4 is 10.6 Å². The number of hydrogen-bond donors (Lipinski definition) is 3. The van der Waals surface area contributed by atoms with Gasteiger partial charge < -0.3 is 25.2 Å². The first-order valence-corrected chi connectivity index (χ1v) is 11.6. The predicted octanol–water partition coefficient (Wildman–Crippen LogP) is 3.22. The number of aliphatic carboxylic acids is 1. The van der Waals surface area contributed by atoms with Crippen LogP contribution in [0.25, 0.3) is 11.1 Å². The van der Waals surface area contributed by atoms with Gasteiger partial charge in [0.1, 0.15) is 18.7 Å². The van der Waals surface area contributed by atoms with Crippen molar-refractivity contribution in [2.45, 2.75) is 50.6 Å². The lowest BCUT2D eigenvalue weighted by Crippen LogP contribution is -2.51. The third-order valence-corrected chi connectivity index (χ3v) is 6.01. The van der Waals surface area contributed by atoms with Gasteiger partial charge in [-0.25, -0.2) is 9.59 Å². The summed E-state index contributed by atoms with van der Waals surface area (Å²) in [5.41, 5.74) is 4.34. The number of esters is 1. The summed E-state index contributed by atoms with van der Waals surface area (Å²) in [6, 6.07) is 13.6. The maximum absolute atomic E-state index is 12.7. The van der Waals surface area contributed by atoms with E-state index < -0.39 is 36.0 Å². The van der Waals surface area contributed by atoms with E-state index in [1.54, 1.807) is 0 Å². The van der Waals surface area contributed by atoms with E-state index in [9.17, 15) is 24.3 Å². The van der Waals surface area contributed by atoms with E-state index in [2.05, 4.69) is 15.4 Å². The quantitative estimate of drug-likeness (QED) is 0.419. The van der Waals surface area contributed by atoms with Crippen LogP contribution in [0, 0.1) is 0 Å². The Kier molecular flexibility index (Phi) is 8.83. The van der Waals surface area contributed by atoms with Crippen LogP contribution in [0.3, 0.4) is 0 Å². The second-order valence-corrected chi connectivity index (χ2v) is 8.33. The zero-order valence-electron chi connectivity index (χ0n) is 19.8. The topological polar surface area (TPSA) is 131 Å². The Labute approximate surface area is 203 Å². The van der Waals surface area contributed by atoms with E-state index >= 15 is 0 Å². The average Bonchev–Trinajstić information content (AvgIpc) is 3.18. The first kappa shape index (κ1) is 25.7. The fraction of sp³-hybridized carbons (Fsp3) is 0.385. The van der Waals surface area contributed by atoms with Crippen molar-refractivity contribution in [2.24, 2.45) is 0 Å². The van der Waals surface area contributed by atoms with Crippen molar-refractivity contribution in [3.8, 4) is 11.1 Å². The smallest absolute Gasteiger partial charge is 0.407 e. The highest BCUT2D eigenvalue weighted by atomic mass is 16.5. The van der Waals surface area contributed by atoms with Gasteiger partial charge in [0.15, 0.2) is 0 Å². The summed E-state index contributed by atoms with van der Waals surface area (Å²) in [4.78, 5) is 48.2. The molecule has 3 rings (SSSR count). The van der Waals surface area contributed by atoms with Crippen LogP contribution in [0.1, 0.15) is 49.7 Å². The number of carboxylic acids is 1. The number of carboxylic acid groups (broad SMARTS) is 1. The van der Waals surface area contributed by atoms with Crippen LogP contribution in [0.5, 0.6) is 0 Å². The molecule has 1 aliphatic carbocycles. The van der Waals surface area contributed by atoms with Crippen molar-refractivity contribution < 1.29 is 33.8 Å². The molecule has 0 aliphatic heterocycles. The number of fused-ring (bicyclic) bond motifs is 3. The Morgan fingerprint density at radius 3 is 2.06 bits per heavy atom. The molecule has 0 fully saturated rings. The molecule has 1 aliphatic rings. The summed E-state index contributed by atoms with van der Waals surface area (Å²) in [6.07, 6.45) is -0.188. The number of alkyl carbamates (subject to hydrolysis) is 1. The Bertz CT molecular complexity index is 1040. The zero-order chi connectivity index (χ0) is 25.4.